The van der Waals surface area contributed by atoms with E-state index in [9.17, 15) is 0 Å². The Hall–Kier alpha value is -1.85. The average Bonchev–Trinajstić information content (AvgIpc) is 2.71. The van der Waals surface area contributed by atoms with Gasteiger partial charge in [-0.2, -0.15) is 0 Å². The highest BCUT2D eigenvalue weighted by Crippen LogP contribution is 2.33. The van der Waals surface area contributed by atoms with Gasteiger partial charge < -0.3 is 4.34 Å². The van der Waals surface area contributed by atoms with Gasteiger partial charge in [0.1, 0.15) is 0 Å². The molecule has 3 aromatic carbocycles. The van der Waals surface area contributed by atoms with Crippen LogP contribution in [0.5, 0.6) is 0 Å². The van der Waals surface area contributed by atoms with Crippen LogP contribution in [0.3, 0.4) is 0 Å². The molecule has 0 bridgehead atoms. The molecule has 1 atom stereocenters. The summed E-state index contributed by atoms with van der Waals surface area (Å²) in [6.45, 7) is 0. The standard InChI is InChI=1S/C16H12NP/c18-17-15-8-4-3-7-13(15)14-9-11-5-1-2-6-12(11)10-16(14)17/h1-10H,18H2. The van der Waals surface area contributed by atoms with Crippen LogP contribution >= 0.6 is 9.39 Å². The van der Waals surface area contributed by atoms with E-state index in [0.29, 0.717) is 0 Å². The fraction of sp³-hybridized carbons (Fsp3) is 0. The highest BCUT2D eigenvalue weighted by atomic mass is 31.0. The van der Waals surface area contributed by atoms with Gasteiger partial charge in [-0.1, -0.05) is 42.5 Å². The predicted octanol–water partition coefficient (Wildman–Crippen LogP) is 4.59. The van der Waals surface area contributed by atoms with E-state index in [1.54, 1.807) is 0 Å². The molecule has 0 radical (unpaired) electrons. The maximum Gasteiger partial charge on any atom is 0.0527 e. The van der Waals surface area contributed by atoms with Crippen molar-refractivity contribution in [2.24, 2.45) is 0 Å². The van der Waals surface area contributed by atoms with Gasteiger partial charge in [0.25, 0.3) is 0 Å². The largest absolute Gasteiger partial charge is 0.325 e. The van der Waals surface area contributed by atoms with Crippen molar-refractivity contribution in [1.29, 1.82) is 0 Å². The van der Waals surface area contributed by atoms with Gasteiger partial charge in [0, 0.05) is 10.8 Å². The molecule has 2 heteroatoms. The van der Waals surface area contributed by atoms with E-state index in [0.717, 1.165) is 0 Å². The van der Waals surface area contributed by atoms with Crippen molar-refractivity contribution in [1.82, 2.24) is 4.34 Å². The topological polar surface area (TPSA) is 4.93 Å². The summed E-state index contributed by atoms with van der Waals surface area (Å²) in [7, 11) is 2.81. The maximum atomic E-state index is 2.81. The lowest BCUT2D eigenvalue weighted by Crippen LogP contribution is -1.78. The zero-order valence-electron chi connectivity index (χ0n) is 9.80. The summed E-state index contributed by atoms with van der Waals surface area (Å²) in [6, 6.07) is 21.6. The molecule has 0 spiro atoms. The first-order valence-corrected chi connectivity index (χ1v) is 6.53. The first kappa shape index (κ1) is 10.1. The molecule has 0 aliphatic heterocycles. The second-order valence-electron chi connectivity index (χ2n) is 4.60. The smallest absolute Gasteiger partial charge is 0.0527 e. The Morgan fingerprint density at radius 1 is 0.667 bits per heavy atom. The number of rotatable bonds is 0. The summed E-state index contributed by atoms with van der Waals surface area (Å²) >= 11 is 0. The summed E-state index contributed by atoms with van der Waals surface area (Å²) in [5, 5.41) is 5.22. The van der Waals surface area contributed by atoms with Gasteiger partial charge in [0.2, 0.25) is 0 Å². The van der Waals surface area contributed by atoms with Crippen LogP contribution in [0.4, 0.5) is 0 Å². The van der Waals surface area contributed by atoms with E-state index < -0.39 is 0 Å². The van der Waals surface area contributed by atoms with Crippen molar-refractivity contribution in [3.8, 4) is 0 Å². The van der Waals surface area contributed by atoms with Crippen LogP contribution < -0.4 is 0 Å². The van der Waals surface area contributed by atoms with Crippen LogP contribution in [0.25, 0.3) is 32.6 Å². The molecule has 0 saturated heterocycles. The SMILES string of the molecule is Pn1c2ccccc2c2cc3ccccc3cc21. The Balaban J connectivity index is 2.32. The molecule has 4 rings (SSSR count). The molecule has 1 heterocycles. The lowest BCUT2D eigenvalue weighted by Gasteiger charge is -2.00. The van der Waals surface area contributed by atoms with E-state index in [2.05, 4.69) is 74.4 Å². The third kappa shape index (κ3) is 1.26. The summed E-state index contributed by atoms with van der Waals surface area (Å²) in [6.07, 6.45) is 0. The third-order valence-corrected chi connectivity index (χ3v) is 4.13. The second-order valence-corrected chi connectivity index (χ2v) is 5.12. The Labute approximate surface area is 107 Å². The molecular weight excluding hydrogens is 237 g/mol. The highest BCUT2D eigenvalue weighted by Gasteiger charge is 2.08. The number of benzene rings is 3. The number of hydrogen-bond acceptors (Lipinski definition) is 0. The summed E-state index contributed by atoms with van der Waals surface area (Å²) in [4.78, 5) is 0. The molecule has 1 nitrogen and oxygen atoms in total. The number of para-hydroxylation sites is 1. The lowest BCUT2D eigenvalue weighted by atomic mass is 10.1. The quantitative estimate of drug-likeness (QED) is 0.402. The summed E-state index contributed by atoms with van der Waals surface area (Å²) in [5.74, 6) is 0. The van der Waals surface area contributed by atoms with Crippen molar-refractivity contribution in [3.05, 3.63) is 60.7 Å². The van der Waals surface area contributed by atoms with Gasteiger partial charge in [-0.05, 0) is 38.4 Å². The number of nitrogens with zero attached hydrogens (tertiary/aromatic N) is 1. The van der Waals surface area contributed by atoms with Gasteiger partial charge >= 0.3 is 0 Å². The van der Waals surface area contributed by atoms with E-state index >= 15 is 0 Å². The van der Waals surface area contributed by atoms with Crippen molar-refractivity contribution in [2.75, 3.05) is 0 Å². The molecule has 4 aromatic rings. The number of aromatic nitrogens is 1. The Morgan fingerprint density at radius 2 is 1.33 bits per heavy atom. The van der Waals surface area contributed by atoms with Gasteiger partial charge in [-0.25, -0.2) is 0 Å². The zero-order chi connectivity index (χ0) is 12.1. The first-order chi connectivity index (χ1) is 8.84. The Kier molecular flexibility index (Phi) is 2.00. The summed E-state index contributed by atoms with van der Waals surface area (Å²) in [5.41, 5.74) is 2.52. The zero-order valence-corrected chi connectivity index (χ0v) is 11.0. The Morgan fingerprint density at radius 3 is 2.17 bits per heavy atom. The van der Waals surface area contributed by atoms with Crippen molar-refractivity contribution < 1.29 is 0 Å². The predicted molar refractivity (Wildman–Crippen MR) is 82.1 cm³/mol. The van der Waals surface area contributed by atoms with Crippen molar-refractivity contribution in [2.45, 2.75) is 0 Å². The average molecular weight is 249 g/mol. The normalized spacial score (nSPS) is 11.6. The van der Waals surface area contributed by atoms with Gasteiger partial charge in [0.15, 0.2) is 0 Å². The van der Waals surface area contributed by atoms with Crippen LogP contribution in [0.2, 0.25) is 0 Å². The molecule has 1 aromatic heterocycles. The van der Waals surface area contributed by atoms with Crippen LogP contribution in [0, 0.1) is 0 Å². The molecule has 86 valence electrons. The van der Waals surface area contributed by atoms with Crippen LogP contribution in [-0.2, 0) is 0 Å². The van der Waals surface area contributed by atoms with Crippen LogP contribution in [0.15, 0.2) is 60.7 Å². The molecule has 0 fully saturated rings. The molecule has 0 amide bonds. The third-order valence-electron chi connectivity index (χ3n) is 3.58. The molecule has 0 N–H and O–H groups in total. The molecule has 0 aliphatic rings. The minimum atomic E-state index is 1.26. The number of fused-ring (bicyclic) bond motifs is 4. The number of hydrogen-bond donors (Lipinski definition) is 0. The van der Waals surface area contributed by atoms with Crippen LogP contribution in [0.1, 0.15) is 0 Å². The van der Waals surface area contributed by atoms with Gasteiger partial charge in [-0.3, -0.25) is 0 Å². The van der Waals surface area contributed by atoms with E-state index in [1.165, 1.54) is 32.6 Å². The second kappa shape index (κ2) is 3.57. The maximum absolute atomic E-state index is 2.81. The van der Waals surface area contributed by atoms with E-state index in [4.69, 9.17) is 0 Å². The van der Waals surface area contributed by atoms with Crippen molar-refractivity contribution >= 4 is 42.0 Å². The Bertz CT molecular complexity index is 889. The molecule has 0 aliphatic carbocycles. The summed E-state index contributed by atoms with van der Waals surface area (Å²) < 4.78 is 2.19. The monoisotopic (exact) mass is 249 g/mol. The van der Waals surface area contributed by atoms with Gasteiger partial charge in [0.05, 0.1) is 11.0 Å². The fourth-order valence-electron chi connectivity index (χ4n) is 2.68. The van der Waals surface area contributed by atoms with Gasteiger partial charge in [-0.15, -0.1) is 0 Å². The van der Waals surface area contributed by atoms with E-state index in [-0.39, 0.29) is 0 Å². The van der Waals surface area contributed by atoms with Crippen molar-refractivity contribution in [3.63, 3.8) is 0 Å². The first-order valence-electron chi connectivity index (χ1n) is 6.01. The highest BCUT2D eigenvalue weighted by molar-refractivity contribution is 7.15. The van der Waals surface area contributed by atoms with E-state index in [1.807, 2.05) is 0 Å². The molecular formula is C16H12NP. The molecule has 1 unspecified atom stereocenters. The minimum Gasteiger partial charge on any atom is -0.325 e. The lowest BCUT2D eigenvalue weighted by molar-refractivity contribution is 1.43. The minimum absolute atomic E-state index is 1.26. The molecule has 18 heavy (non-hydrogen) atoms. The fourth-order valence-corrected chi connectivity index (χ4v) is 3.12. The molecule has 0 saturated carbocycles. The van der Waals surface area contributed by atoms with Crippen LogP contribution in [-0.4, -0.2) is 4.34 Å².